The summed E-state index contributed by atoms with van der Waals surface area (Å²) in [6.45, 7) is 0. The average molecular weight is 300 g/mol. The summed E-state index contributed by atoms with van der Waals surface area (Å²) < 4.78 is 10.8. The van der Waals surface area contributed by atoms with E-state index < -0.39 is 17.4 Å². The Hall–Kier alpha value is -2.07. The Kier molecular flexibility index (Phi) is 3.79. The number of aliphatic hydroxyl groups is 1. The fourth-order valence-corrected chi connectivity index (χ4v) is 3.74. The van der Waals surface area contributed by atoms with E-state index in [0.717, 1.165) is 23.8 Å². The van der Waals surface area contributed by atoms with Crippen molar-refractivity contribution >= 4 is 6.29 Å². The molecule has 1 aromatic carbocycles. The minimum Gasteiger partial charge on any atom is -0.500 e. The SMILES string of the molecule is COC1=CC=C[C@@]2(CCc3cccc(OC)c3C2O)C1C=O. The molecule has 2 aliphatic carbocycles. The predicted octanol–water partition coefficient (Wildman–Crippen LogP) is 2.58. The summed E-state index contributed by atoms with van der Waals surface area (Å²) in [5.74, 6) is 0.765. The van der Waals surface area contributed by atoms with Gasteiger partial charge in [-0.2, -0.15) is 0 Å². The number of fused-ring (bicyclic) bond motifs is 1. The first kappa shape index (κ1) is 14.9. The van der Waals surface area contributed by atoms with Crippen molar-refractivity contribution in [2.45, 2.75) is 18.9 Å². The molecule has 0 aromatic heterocycles. The molecule has 0 fully saturated rings. The molecule has 4 heteroatoms. The number of aliphatic hydroxyl groups excluding tert-OH is 1. The smallest absolute Gasteiger partial charge is 0.131 e. The van der Waals surface area contributed by atoms with Crippen LogP contribution in [0.5, 0.6) is 5.75 Å². The highest BCUT2D eigenvalue weighted by molar-refractivity contribution is 5.63. The van der Waals surface area contributed by atoms with Crippen molar-refractivity contribution in [2.24, 2.45) is 11.3 Å². The number of aldehydes is 1. The molecule has 1 N–H and O–H groups in total. The van der Waals surface area contributed by atoms with Gasteiger partial charge in [-0.25, -0.2) is 0 Å². The van der Waals surface area contributed by atoms with Crippen LogP contribution >= 0.6 is 0 Å². The number of methoxy groups -OCH3 is 2. The third-order valence-electron chi connectivity index (χ3n) is 4.91. The van der Waals surface area contributed by atoms with Crippen molar-refractivity contribution in [2.75, 3.05) is 14.2 Å². The first-order valence-electron chi connectivity index (χ1n) is 7.40. The fourth-order valence-electron chi connectivity index (χ4n) is 3.74. The maximum Gasteiger partial charge on any atom is 0.131 e. The normalized spacial score (nSPS) is 29.7. The molecule has 0 aliphatic heterocycles. The summed E-state index contributed by atoms with van der Waals surface area (Å²) in [6, 6.07) is 5.77. The monoisotopic (exact) mass is 300 g/mol. The molecule has 0 saturated heterocycles. The Labute approximate surface area is 130 Å². The van der Waals surface area contributed by atoms with Crippen molar-refractivity contribution in [1.82, 2.24) is 0 Å². The number of ether oxygens (including phenoxy) is 2. The van der Waals surface area contributed by atoms with Gasteiger partial charge < -0.3 is 19.4 Å². The minimum absolute atomic E-state index is 0.490. The second-order valence-corrected chi connectivity index (χ2v) is 5.79. The molecule has 3 rings (SSSR count). The van der Waals surface area contributed by atoms with E-state index in [1.54, 1.807) is 20.3 Å². The van der Waals surface area contributed by atoms with Crippen molar-refractivity contribution in [3.8, 4) is 5.75 Å². The van der Waals surface area contributed by atoms with E-state index >= 15 is 0 Å². The third kappa shape index (κ3) is 1.98. The molecular weight excluding hydrogens is 280 g/mol. The van der Waals surface area contributed by atoms with Gasteiger partial charge in [0, 0.05) is 11.0 Å². The van der Waals surface area contributed by atoms with Gasteiger partial charge in [-0.1, -0.05) is 24.3 Å². The molecule has 22 heavy (non-hydrogen) atoms. The molecule has 0 heterocycles. The molecule has 1 aromatic rings. The van der Waals surface area contributed by atoms with Gasteiger partial charge in [0.15, 0.2) is 0 Å². The number of carbonyl (C=O) groups excluding carboxylic acids is 1. The van der Waals surface area contributed by atoms with Crippen LogP contribution in [0.3, 0.4) is 0 Å². The van der Waals surface area contributed by atoms with Gasteiger partial charge >= 0.3 is 0 Å². The second-order valence-electron chi connectivity index (χ2n) is 5.79. The fraction of sp³-hybridized carbons (Fsp3) is 0.389. The molecule has 3 atom stereocenters. The molecule has 0 radical (unpaired) electrons. The molecule has 2 aliphatic rings. The molecule has 0 bridgehead atoms. The largest absolute Gasteiger partial charge is 0.500 e. The van der Waals surface area contributed by atoms with Crippen LogP contribution in [-0.4, -0.2) is 25.6 Å². The van der Waals surface area contributed by atoms with Gasteiger partial charge in [-0.05, 0) is 30.5 Å². The van der Waals surface area contributed by atoms with Crippen molar-refractivity contribution in [3.05, 3.63) is 53.3 Å². The zero-order valence-corrected chi connectivity index (χ0v) is 12.8. The molecule has 0 saturated carbocycles. The minimum atomic E-state index is -0.808. The summed E-state index contributed by atoms with van der Waals surface area (Å²) >= 11 is 0. The van der Waals surface area contributed by atoms with Crippen LogP contribution in [0.15, 0.2) is 42.2 Å². The average Bonchev–Trinajstić information content (AvgIpc) is 2.57. The van der Waals surface area contributed by atoms with Crippen LogP contribution in [0.2, 0.25) is 0 Å². The summed E-state index contributed by atoms with van der Waals surface area (Å²) in [6.07, 6.45) is 7.14. The van der Waals surface area contributed by atoms with Crippen molar-refractivity contribution in [1.29, 1.82) is 0 Å². The number of carbonyl (C=O) groups is 1. The van der Waals surface area contributed by atoms with Crippen LogP contribution in [0, 0.1) is 11.3 Å². The van der Waals surface area contributed by atoms with E-state index in [9.17, 15) is 9.90 Å². The van der Waals surface area contributed by atoms with E-state index in [1.807, 2.05) is 30.4 Å². The topological polar surface area (TPSA) is 55.8 Å². The maximum atomic E-state index is 11.7. The standard InChI is InChI=1S/C18H20O4/c1-21-14-7-4-9-18(13(14)11-19)10-8-12-5-3-6-15(22-2)16(12)17(18)20/h3-7,9,11,13,17,20H,8,10H2,1-2H3/t13?,17?,18-/m1/s1. The van der Waals surface area contributed by atoms with E-state index in [-0.39, 0.29) is 0 Å². The van der Waals surface area contributed by atoms with Gasteiger partial charge in [0.2, 0.25) is 0 Å². The van der Waals surface area contributed by atoms with Gasteiger partial charge in [-0.3, -0.25) is 0 Å². The Morgan fingerprint density at radius 1 is 1.32 bits per heavy atom. The molecule has 0 amide bonds. The molecule has 1 spiro atoms. The number of aryl methyl sites for hydroxylation is 1. The Morgan fingerprint density at radius 2 is 2.14 bits per heavy atom. The Balaban J connectivity index is 2.12. The number of hydrogen-bond donors (Lipinski definition) is 1. The third-order valence-corrected chi connectivity index (χ3v) is 4.91. The van der Waals surface area contributed by atoms with Gasteiger partial charge in [-0.15, -0.1) is 0 Å². The highest BCUT2D eigenvalue weighted by Crippen LogP contribution is 2.54. The highest BCUT2D eigenvalue weighted by Gasteiger charge is 2.50. The van der Waals surface area contributed by atoms with Gasteiger partial charge in [0.1, 0.15) is 17.8 Å². The number of rotatable bonds is 3. The zero-order chi connectivity index (χ0) is 15.7. The van der Waals surface area contributed by atoms with Crippen LogP contribution in [0.1, 0.15) is 23.7 Å². The molecule has 116 valence electrons. The maximum absolute atomic E-state index is 11.7. The Bertz CT molecular complexity index is 632. The summed E-state index contributed by atoms with van der Waals surface area (Å²) in [5, 5.41) is 11.1. The van der Waals surface area contributed by atoms with Crippen LogP contribution < -0.4 is 4.74 Å². The lowest BCUT2D eigenvalue weighted by Crippen LogP contribution is -2.42. The summed E-state index contributed by atoms with van der Waals surface area (Å²) in [4.78, 5) is 11.7. The lowest BCUT2D eigenvalue weighted by atomic mass is 9.60. The second kappa shape index (κ2) is 5.61. The molecule has 4 nitrogen and oxygen atoms in total. The Morgan fingerprint density at radius 3 is 2.82 bits per heavy atom. The van der Waals surface area contributed by atoms with Crippen molar-refractivity contribution < 1.29 is 19.4 Å². The van der Waals surface area contributed by atoms with Gasteiger partial charge in [0.05, 0.1) is 26.2 Å². The number of hydrogen-bond acceptors (Lipinski definition) is 4. The molecule has 2 unspecified atom stereocenters. The van der Waals surface area contributed by atoms with E-state index in [1.165, 1.54) is 0 Å². The van der Waals surface area contributed by atoms with Crippen molar-refractivity contribution in [3.63, 3.8) is 0 Å². The van der Waals surface area contributed by atoms with Gasteiger partial charge in [0.25, 0.3) is 0 Å². The lowest BCUT2D eigenvalue weighted by molar-refractivity contribution is -0.118. The van der Waals surface area contributed by atoms with E-state index in [0.29, 0.717) is 17.9 Å². The van der Waals surface area contributed by atoms with E-state index in [4.69, 9.17) is 9.47 Å². The van der Waals surface area contributed by atoms with Crippen LogP contribution in [0.4, 0.5) is 0 Å². The first-order valence-corrected chi connectivity index (χ1v) is 7.40. The predicted molar refractivity (Wildman–Crippen MR) is 82.5 cm³/mol. The summed E-state index contributed by atoms with van der Waals surface area (Å²) in [5.41, 5.74) is 1.18. The zero-order valence-electron chi connectivity index (χ0n) is 12.8. The summed E-state index contributed by atoms with van der Waals surface area (Å²) in [7, 11) is 3.15. The quantitative estimate of drug-likeness (QED) is 0.872. The number of benzene rings is 1. The van der Waals surface area contributed by atoms with Crippen LogP contribution in [0.25, 0.3) is 0 Å². The first-order chi connectivity index (χ1) is 10.7. The highest BCUT2D eigenvalue weighted by atomic mass is 16.5. The molecular formula is C18H20O4. The lowest BCUT2D eigenvalue weighted by Gasteiger charge is -2.45. The number of allylic oxidation sites excluding steroid dienone is 3. The van der Waals surface area contributed by atoms with E-state index in [2.05, 4.69) is 0 Å². The van der Waals surface area contributed by atoms with Crippen LogP contribution in [-0.2, 0) is 16.0 Å².